The maximum atomic E-state index is 5.22. The molecule has 0 aliphatic rings. The lowest BCUT2D eigenvalue weighted by Gasteiger charge is -2.25. The monoisotopic (exact) mass is 194 g/mol. The van der Waals surface area contributed by atoms with Gasteiger partial charge in [-0.1, -0.05) is 20.8 Å². The Morgan fingerprint density at radius 2 is 1.93 bits per heavy atom. The van der Waals surface area contributed by atoms with E-state index in [1.54, 1.807) is 0 Å². The summed E-state index contributed by atoms with van der Waals surface area (Å²) in [6.45, 7) is 6.53. The van der Waals surface area contributed by atoms with Crippen LogP contribution in [0.5, 0.6) is 0 Å². The van der Waals surface area contributed by atoms with Crippen molar-refractivity contribution in [1.82, 2.24) is 10.2 Å². The summed E-state index contributed by atoms with van der Waals surface area (Å²) < 4.78 is 0. The third kappa shape index (κ3) is 2.01. The highest BCUT2D eigenvalue weighted by atomic mass is 15.3. The van der Waals surface area contributed by atoms with Gasteiger partial charge in [0.15, 0.2) is 5.82 Å². The van der Waals surface area contributed by atoms with E-state index in [1.165, 1.54) is 0 Å². The molecule has 4 heteroatoms. The van der Waals surface area contributed by atoms with E-state index in [2.05, 4.69) is 36.4 Å². The third-order valence-corrected chi connectivity index (χ3v) is 2.99. The van der Waals surface area contributed by atoms with E-state index in [4.69, 9.17) is 5.84 Å². The molecule has 0 bridgehead atoms. The number of rotatable bonds is 4. The highest BCUT2D eigenvalue weighted by Gasteiger charge is 2.23. The van der Waals surface area contributed by atoms with Gasteiger partial charge in [0.25, 0.3) is 0 Å². The lowest BCUT2D eigenvalue weighted by atomic mass is 9.81. The van der Waals surface area contributed by atoms with Gasteiger partial charge in [-0.15, -0.1) is 5.10 Å². The molecule has 1 aromatic heterocycles. The second-order valence-electron chi connectivity index (χ2n) is 3.72. The highest BCUT2D eigenvalue weighted by Crippen LogP contribution is 2.28. The van der Waals surface area contributed by atoms with Crippen molar-refractivity contribution < 1.29 is 0 Å². The maximum Gasteiger partial charge on any atom is 0.162 e. The van der Waals surface area contributed by atoms with Crippen molar-refractivity contribution >= 4 is 5.82 Å². The van der Waals surface area contributed by atoms with Crippen LogP contribution < -0.4 is 11.3 Å². The minimum absolute atomic E-state index is 0.125. The average Bonchev–Trinajstić information content (AvgIpc) is 2.28. The Kier molecular flexibility index (Phi) is 3.41. The minimum Gasteiger partial charge on any atom is -0.307 e. The van der Waals surface area contributed by atoms with Gasteiger partial charge in [0.1, 0.15) is 0 Å². The lowest BCUT2D eigenvalue weighted by molar-refractivity contribution is 0.421. The fraction of sp³-hybridized carbons (Fsp3) is 0.600. The van der Waals surface area contributed by atoms with E-state index in [-0.39, 0.29) is 5.41 Å². The molecular weight excluding hydrogens is 176 g/mol. The van der Waals surface area contributed by atoms with Gasteiger partial charge < -0.3 is 5.43 Å². The molecule has 0 spiro atoms. The quantitative estimate of drug-likeness (QED) is 0.567. The topological polar surface area (TPSA) is 63.8 Å². The Balaban J connectivity index is 2.95. The van der Waals surface area contributed by atoms with E-state index >= 15 is 0 Å². The molecule has 0 aliphatic heterocycles. The molecule has 4 nitrogen and oxygen atoms in total. The molecule has 0 radical (unpaired) electrons. The zero-order valence-corrected chi connectivity index (χ0v) is 9.04. The number of nitrogens with zero attached hydrogens (tertiary/aromatic N) is 2. The standard InChI is InChI=1S/C10H18N4/c1-4-10(3,5-2)8-6-7-9(12-11)14-13-8/h6-7H,4-5,11H2,1-3H3,(H,12,14). The van der Waals surface area contributed by atoms with Gasteiger partial charge in [0, 0.05) is 5.41 Å². The van der Waals surface area contributed by atoms with Crippen molar-refractivity contribution in [1.29, 1.82) is 0 Å². The number of hydrogen-bond acceptors (Lipinski definition) is 4. The third-order valence-electron chi connectivity index (χ3n) is 2.99. The molecule has 1 heterocycles. The van der Waals surface area contributed by atoms with Gasteiger partial charge in [-0.25, -0.2) is 5.84 Å². The Morgan fingerprint density at radius 3 is 2.29 bits per heavy atom. The molecular formula is C10H18N4. The maximum absolute atomic E-state index is 5.22. The van der Waals surface area contributed by atoms with Crippen LogP contribution in [0.3, 0.4) is 0 Å². The number of nitrogens with two attached hydrogens (primary N) is 1. The summed E-state index contributed by atoms with van der Waals surface area (Å²) in [6.07, 6.45) is 2.13. The van der Waals surface area contributed by atoms with Crippen LogP contribution in [0.1, 0.15) is 39.3 Å². The van der Waals surface area contributed by atoms with Gasteiger partial charge in [-0.2, -0.15) is 5.10 Å². The molecule has 0 saturated heterocycles. The van der Waals surface area contributed by atoms with E-state index in [1.807, 2.05) is 12.1 Å². The highest BCUT2D eigenvalue weighted by molar-refractivity contribution is 5.32. The molecule has 0 fully saturated rings. The summed E-state index contributed by atoms with van der Waals surface area (Å²) in [6, 6.07) is 3.83. The number of nitrogen functional groups attached to an aromatic ring is 1. The Morgan fingerprint density at radius 1 is 1.29 bits per heavy atom. The first kappa shape index (κ1) is 10.9. The Hall–Kier alpha value is -1.16. The zero-order chi connectivity index (χ0) is 10.6. The summed E-state index contributed by atoms with van der Waals surface area (Å²) in [7, 11) is 0. The SMILES string of the molecule is CCC(C)(CC)c1ccc(NN)nn1. The Labute approximate surface area is 84.9 Å². The molecule has 1 aromatic rings. The molecule has 0 aromatic carbocycles. The summed E-state index contributed by atoms with van der Waals surface area (Å²) in [5.74, 6) is 5.82. The fourth-order valence-electron chi connectivity index (χ4n) is 1.34. The van der Waals surface area contributed by atoms with Crippen molar-refractivity contribution in [2.75, 3.05) is 5.43 Å². The van der Waals surface area contributed by atoms with Crippen LogP contribution in [0, 0.1) is 0 Å². The number of hydrazine groups is 1. The first-order chi connectivity index (χ1) is 6.66. The molecule has 0 unspecified atom stereocenters. The molecule has 0 aliphatic carbocycles. The van der Waals surface area contributed by atoms with Crippen molar-refractivity contribution in [3.05, 3.63) is 17.8 Å². The lowest BCUT2D eigenvalue weighted by Crippen LogP contribution is -2.22. The summed E-state index contributed by atoms with van der Waals surface area (Å²) in [5, 5.41) is 8.14. The van der Waals surface area contributed by atoms with Crippen molar-refractivity contribution in [3.63, 3.8) is 0 Å². The van der Waals surface area contributed by atoms with E-state index < -0.39 is 0 Å². The number of aromatic nitrogens is 2. The van der Waals surface area contributed by atoms with Gasteiger partial charge >= 0.3 is 0 Å². The molecule has 0 atom stereocenters. The Bertz CT molecular complexity index is 277. The molecule has 0 amide bonds. The molecule has 1 rings (SSSR count). The normalized spacial score (nSPS) is 11.4. The largest absolute Gasteiger partial charge is 0.307 e. The van der Waals surface area contributed by atoms with E-state index in [9.17, 15) is 0 Å². The summed E-state index contributed by atoms with van der Waals surface area (Å²) in [4.78, 5) is 0. The molecule has 14 heavy (non-hydrogen) atoms. The summed E-state index contributed by atoms with van der Waals surface area (Å²) in [5.41, 5.74) is 3.62. The number of hydrogen-bond donors (Lipinski definition) is 2. The first-order valence-corrected chi connectivity index (χ1v) is 4.97. The van der Waals surface area contributed by atoms with Crippen LogP contribution in [-0.4, -0.2) is 10.2 Å². The molecule has 3 N–H and O–H groups in total. The average molecular weight is 194 g/mol. The van der Waals surface area contributed by atoms with E-state index in [0.29, 0.717) is 5.82 Å². The van der Waals surface area contributed by atoms with Crippen LogP contribution >= 0.6 is 0 Å². The number of anilines is 1. The molecule has 78 valence electrons. The minimum atomic E-state index is 0.125. The van der Waals surface area contributed by atoms with Crippen LogP contribution in [0.15, 0.2) is 12.1 Å². The predicted octanol–water partition coefficient (Wildman–Crippen LogP) is 1.84. The fourth-order valence-corrected chi connectivity index (χ4v) is 1.34. The predicted molar refractivity (Wildman–Crippen MR) is 57.8 cm³/mol. The number of nitrogens with one attached hydrogen (secondary N) is 1. The van der Waals surface area contributed by atoms with Gasteiger partial charge in [-0.3, -0.25) is 0 Å². The van der Waals surface area contributed by atoms with E-state index in [0.717, 1.165) is 18.5 Å². The van der Waals surface area contributed by atoms with Crippen LogP contribution in [0.4, 0.5) is 5.82 Å². The zero-order valence-electron chi connectivity index (χ0n) is 9.04. The van der Waals surface area contributed by atoms with Gasteiger partial charge in [0.2, 0.25) is 0 Å². The van der Waals surface area contributed by atoms with Crippen LogP contribution in [-0.2, 0) is 5.41 Å². The van der Waals surface area contributed by atoms with Crippen LogP contribution in [0.2, 0.25) is 0 Å². The first-order valence-electron chi connectivity index (χ1n) is 4.97. The van der Waals surface area contributed by atoms with Gasteiger partial charge in [-0.05, 0) is 25.0 Å². The second kappa shape index (κ2) is 4.37. The van der Waals surface area contributed by atoms with Gasteiger partial charge in [0.05, 0.1) is 5.69 Å². The second-order valence-corrected chi connectivity index (χ2v) is 3.72. The van der Waals surface area contributed by atoms with Crippen LogP contribution in [0.25, 0.3) is 0 Å². The smallest absolute Gasteiger partial charge is 0.162 e. The van der Waals surface area contributed by atoms with Crippen molar-refractivity contribution in [2.45, 2.75) is 39.0 Å². The molecule has 0 saturated carbocycles. The summed E-state index contributed by atoms with van der Waals surface area (Å²) >= 11 is 0. The van der Waals surface area contributed by atoms with Crippen molar-refractivity contribution in [2.24, 2.45) is 5.84 Å². The van der Waals surface area contributed by atoms with Crippen molar-refractivity contribution in [3.8, 4) is 0 Å².